The van der Waals surface area contributed by atoms with Crippen LogP contribution in [-0.2, 0) is 13.6 Å². The fraction of sp³-hybridized carbons (Fsp3) is 0.476. The van der Waals surface area contributed by atoms with Crippen LogP contribution >= 0.6 is 11.6 Å². The van der Waals surface area contributed by atoms with Crippen LogP contribution in [0.15, 0.2) is 33.9 Å². The minimum Gasteiger partial charge on any atom is -0.491 e. The van der Waals surface area contributed by atoms with E-state index in [1.807, 2.05) is 0 Å². The molecule has 9 nitrogen and oxygen atoms in total. The maximum Gasteiger partial charge on any atom is 0.329 e. The number of imidazole rings is 1. The van der Waals surface area contributed by atoms with Gasteiger partial charge in [0, 0.05) is 25.2 Å². The first kappa shape index (κ1) is 21.5. The highest BCUT2D eigenvalue weighted by atomic mass is 35.5. The first-order valence-corrected chi connectivity index (χ1v) is 10.7. The van der Waals surface area contributed by atoms with Crippen LogP contribution in [0.3, 0.4) is 0 Å². The summed E-state index contributed by atoms with van der Waals surface area (Å²) in [6.45, 7) is 3.95. The smallest absolute Gasteiger partial charge is 0.329 e. The van der Waals surface area contributed by atoms with Crippen molar-refractivity contribution in [3.63, 3.8) is 0 Å². The molecule has 1 fully saturated rings. The van der Waals surface area contributed by atoms with Crippen LogP contribution in [0.1, 0.15) is 19.8 Å². The Bertz CT molecular complexity index is 1180. The average molecular weight is 448 g/mol. The Morgan fingerprint density at radius 3 is 2.61 bits per heavy atom. The van der Waals surface area contributed by atoms with Gasteiger partial charge in [-0.2, -0.15) is 4.98 Å². The SMILES string of the molecule is CC1CCN(c2nc3c(c(=O)[nH]c(=O)n3C)n2CC(O)COc2ccc(Cl)cc2)CC1. The second-order valence-electron chi connectivity index (χ2n) is 8.10. The lowest BCUT2D eigenvalue weighted by Gasteiger charge is -2.31. The van der Waals surface area contributed by atoms with E-state index in [0.717, 1.165) is 25.9 Å². The Balaban J connectivity index is 1.65. The maximum atomic E-state index is 12.6. The summed E-state index contributed by atoms with van der Waals surface area (Å²) in [7, 11) is 1.57. The number of aromatic nitrogens is 4. The fourth-order valence-corrected chi connectivity index (χ4v) is 3.96. The molecule has 2 aromatic heterocycles. The molecule has 0 spiro atoms. The van der Waals surface area contributed by atoms with Crippen LogP contribution in [0.4, 0.5) is 5.95 Å². The topological polar surface area (TPSA) is 105 Å². The van der Waals surface area contributed by atoms with Gasteiger partial charge in [-0.1, -0.05) is 18.5 Å². The molecule has 0 amide bonds. The van der Waals surface area contributed by atoms with Crippen LogP contribution in [0.25, 0.3) is 11.2 Å². The number of ether oxygens (including phenoxy) is 1. The number of anilines is 1. The van der Waals surface area contributed by atoms with Crippen LogP contribution in [-0.4, -0.2) is 50.0 Å². The molecule has 10 heteroatoms. The molecule has 166 valence electrons. The highest BCUT2D eigenvalue weighted by Crippen LogP contribution is 2.25. The Morgan fingerprint density at radius 2 is 1.94 bits per heavy atom. The Labute approximate surface area is 183 Å². The number of H-pyrrole nitrogens is 1. The number of rotatable bonds is 6. The molecule has 31 heavy (non-hydrogen) atoms. The highest BCUT2D eigenvalue weighted by molar-refractivity contribution is 6.30. The van der Waals surface area contributed by atoms with Gasteiger partial charge in [-0.15, -0.1) is 0 Å². The molecule has 1 atom stereocenters. The molecule has 0 aliphatic carbocycles. The van der Waals surface area contributed by atoms with Crippen molar-refractivity contribution in [3.8, 4) is 5.75 Å². The lowest BCUT2D eigenvalue weighted by Crippen LogP contribution is -2.36. The van der Waals surface area contributed by atoms with E-state index in [2.05, 4.69) is 21.8 Å². The second-order valence-corrected chi connectivity index (χ2v) is 8.54. The van der Waals surface area contributed by atoms with Crippen LogP contribution in [0.2, 0.25) is 5.02 Å². The maximum absolute atomic E-state index is 12.6. The van der Waals surface area contributed by atoms with E-state index in [1.54, 1.807) is 35.9 Å². The second kappa shape index (κ2) is 8.76. The van der Waals surface area contributed by atoms with Crippen molar-refractivity contribution < 1.29 is 9.84 Å². The van der Waals surface area contributed by atoms with E-state index in [-0.39, 0.29) is 18.7 Å². The minimum absolute atomic E-state index is 0.0292. The molecule has 3 aromatic rings. The molecule has 1 aliphatic rings. The summed E-state index contributed by atoms with van der Waals surface area (Å²) in [6, 6.07) is 6.87. The standard InChI is InChI=1S/C21H26ClN5O4/c1-13-7-9-26(10-8-13)20-23-18-17(19(29)24-21(30)25(18)2)27(20)11-15(28)12-31-16-5-3-14(22)4-6-16/h3-6,13,15,28H,7-12H2,1-2H3,(H,24,29,30). The number of benzene rings is 1. The van der Waals surface area contributed by atoms with E-state index in [9.17, 15) is 14.7 Å². The number of hydrogen-bond acceptors (Lipinski definition) is 6. The number of aliphatic hydroxyl groups excluding tert-OH is 1. The summed E-state index contributed by atoms with van der Waals surface area (Å²) in [6.07, 6.45) is 1.13. The monoisotopic (exact) mass is 447 g/mol. The van der Waals surface area contributed by atoms with Gasteiger partial charge in [0.05, 0.1) is 6.54 Å². The zero-order valence-corrected chi connectivity index (χ0v) is 18.3. The number of aromatic amines is 1. The zero-order valence-electron chi connectivity index (χ0n) is 17.5. The van der Waals surface area contributed by atoms with Crippen LogP contribution < -0.4 is 20.9 Å². The summed E-state index contributed by atoms with van der Waals surface area (Å²) >= 11 is 5.89. The largest absolute Gasteiger partial charge is 0.491 e. The Kier molecular flexibility index (Phi) is 6.06. The van der Waals surface area contributed by atoms with Gasteiger partial charge in [-0.05, 0) is 43.0 Å². The van der Waals surface area contributed by atoms with Gasteiger partial charge in [-0.25, -0.2) is 4.79 Å². The molecule has 1 unspecified atom stereocenters. The van der Waals surface area contributed by atoms with Crippen LogP contribution in [0, 0.1) is 5.92 Å². The molecule has 0 saturated carbocycles. The lowest BCUT2D eigenvalue weighted by molar-refractivity contribution is 0.0936. The van der Waals surface area contributed by atoms with E-state index in [1.165, 1.54) is 4.57 Å². The number of halogens is 1. The quantitative estimate of drug-likeness (QED) is 0.596. The van der Waals surface area contributed by atoms with Crippen molar-refractivity contribution in [1.82, 2.24) is 19.1 Å². The summed E-state index contributed by atoms with van der Waals surface area (Å²) in [5.41, 5.74) is -0.477. The van der Waals surface area contributed by atoms with E-state index < -0.39 is 17.4 Å². The molecular weight excluding hydrogens is 422 g/mol. The summed E-state index contributed by atoms with van der Waals surface area (Å²) in [4.78, 5) is 33.8. The first-order chi connectivity index (χ1) is 14.8. The molecule has 4 rings (SSSR count). The van der Waals surface area contributed by atoms with Gasteiger partial charge in [-0.3, -0.25) is 14.3 Å². The summed E-state index contributed by atoms with van der Waals surface area (Å²) in [5.74, 6) is 1.80. The van der Waals surface area contributed by atoms with Gasteiger partial charge in [0.1, 0.15) is 18.5 Å². The number of piperidine rings is 1. The van der Waals surface area contributed by atoms with E-state index >= 15 is 0 Å². The Morgan fingerprint density at radius 1 is 1.26 bits per heavy atom. The molecule has 1 saturated heterocycles. The summed E-state index contributed by atoms with van der Waals surface area (Å²) in [5, 5.41) is 11.3. The normalized spacial score (nSPS) is 16.1. The highest BCUT2D eigenvalue weighted by Gasteiger charge is 2.25. The molecule has 1 aromatic carbocycles. The predicted octanol–water partition coefficient (Wildman–Crippen LogP) is 1.75. The van der Waals surface area contributed by atoms with Gasteiger partial charge < -0.3 is 19.3 Å². The molecule has 2 N–H and O–H groups in total. The third-order valence-corrected chi connectivity index (χ3v) is 5.95. The first-order valence-electron chi connectivity index (χ1n) is 10.3. The van der Waals surface area contributed by atoms with Gasteiger partial charge in [0.15, 0.2) is 11.2 Å². The van der Waals surface area contributed by atoms with Crippen molar-refractivity contribution in [2.24, 2.45) is 13.0 Å². The van der Waals surface area contributed by atoms with Crippen molar-refractivity contribution in [2.75, 3.05) is 24.6 Å². The van der Waals surface area contributed by atoms with Crippen molar-refractivity contribution in [3.05, 3.63) is 50.1 Å². The molecule has 0 bridgehead atoms. The van der Waals surface area contributed by atoms with Gasteiger partial charge >= 0.3 is 5.69 Å². The lowest BCUT2D eigenvalue weighted by atomic mass is 10.00. The number of aryl methyl sites for hydroxylation is 1. The Hall–Kier alpha value is -2.78. The third-order valence-electron chi connectivity index (χ3n) is 5.70. The summed E-state index contributed by atoms with van der Waals surface area (Å²) < 4.78 is 8.67. The number of aliphatic hydroxyl groups is 1. The molecule has 0 radical (unpaired) electrons. The molecule has 3 heterocycles. The minimum atomic E-state index is -0.896. The molecule has 1 aliphatic heterocycles. The number of fused-ring (bicyclic) bond motifs is 1. The zero-order chi connectivity index (χ0) is 22.1. The van der Waals surface area contributed by atoms with E-state index in [0.29, 0.717) is 28.3 Å². The number of nitrogens with zero attached hydrogens (tertiary/aromatic N) is 4. The number of nitrogens with one attached hydrogen (secondary N) is 1. The number of hydrogen-bond donors (Lipinski definition) is 2. The van der Waals surface area contributed by atoms with E-state index in [4.69, 9.17) is 16.3 Å². The van der Waals surface area contributed by atoms with Crippen molar-refractivity contribution in [1.29, 1.82) is 0 Å². The molecular formula is C21H26ClN5O4. The predicted molar refractivity (Wildman–Crippen MR) is 119 cm³/mol. The average Bonchev–Trinajstić information content (AvgIpc) is 3.12. The third kappa shape index (κ3) is 4.47. The van der Waals surface area contributed by atoms with Gasteiger partial charge in [0.2, 0.25) is 5.95 Å². The fourth-order valence-electron chi connectivity index (χ4n) is 3.83. The van der Waals surface area contributed by atoms with Crippen LogP contribution in [0.5, 0.6) is 5.75 Å². The van der Waals surface area contributed by atoms with Crippen molar-refractivity contribution >= 4 is 28.7 Å². The van der Waals surface area contributed by atoms with Crippen molar-refractivity contribution in [2.45, 2.75) is 32.4 Å². The van der Waals surface area contributed by atoms with Gasteiger partial charge in [0.25, 0.3) is 5.56 Å².